The van der Waals surface area contributed by atoms with Crippen molar-refractivity contribution in [1.82, 2.24) is 9.78 Å². The van der Waals surface area contributed by atoms with Gasteiger partial charge in [-0.05, 0) is 19.8 Å². The van der Waals surface area contributed by atoms with Gasteiger partial charge in [0.2, 0.25) is 5.91 Å². The molecule has 1 aromatic rings. The highest BCUT2D eigenvalue weighted by Gasteiger charge is 2.37. The van der Waals surface area contributed by atoms with E-state index in [0.29, 0.717) is 0 Å². The number of anilines is 1. The van der Waals surface area contributed by atoms with E-state index in [9.17, 15) is 13.6 Å². The van der Waals surface area contributed by atoms with E-state index in [2.05, 4.69) is 10.4 Å². The second-order valence-electron chi connectivity index (χ2n) is 5.61. The van der Waals surface area contributed by atoms with Crippen LogP contribution < -0.4 is 11.1 Å². The summed E-state index contributed by atoms with van der Waals surface area (Å²) in [5.41, 5.74) is 5.64. The summed E-state index contributed by atoms with van der Waals surface area (Å²) < 4.78 is 25.6. The van der Waals surface area contributed by atoms with E-state index < -0.39 is 18.5 Å². The van der Waals surface area contributed by atoms with Crippen LogP contribution >= 0.6 is 0 Å². The minimum atomic E-state index is -2.47. The van der Waals surface area contributed by atoms with Crippen molar-refractivity contribution in [3.8, 4) is 0 Å². The summed E-state index contributed by atoms with van der Waals surface area (Å²) in [5, 5.41) is 6.56. The van der Waals surface area contributed by atoms with E-state index >= 15 is 0 Å². The first kappa shape index (κ1) is 14.9. The predicted molar refractivity (Wildman–Crippen MR) is 71.4 cm³/mol. The fraction of sp³-hybridized carbons (Fsp3) is 0.692. The number of hydrogen-bond acceptors (Lipinski definition) is 3. The molecule has 1 saturated carbocycles. The molecule has 112 valence electrons. The molecule has 0 bridgehead atoms. The van der Waals surface area contributed by atoms with Crippen LogP contribution in [0.4, 0.5) is 14.6 Å². The zero-order valence-electron chi connectivity index (χ0n) is 11.5. The Morgan fingerprint density at radius 2 is 2.40 bits per heavy atom. The quantitative estimate of drug-likeness (QED) is 0.889. The Bertz CT molecular complexity index is 473. The third-order valence-corrected chi connectivity index (χ3v) is 3.79. The van der Waals surface area contributed by atoms with Gasteiger partial charge in [-0.25, -0.2) is 8.78 Å². The summed E-state index contributed by atoms with van der Waals surface area (Å²) in [6.45, 7) is 1.40. The minimum absolute atomic E-state index is 0.183. The zero-order valence-corrected chi connectivity index (χ0v) is 11.5. The number of carbonyl (C=O) groups excluding carboxylic acids is 1. The van der Waals surface area contributed by atoms with Crippen molar-refractivity contribution >= 4 is 11.7 Å². The molecule has 0 aliphatic heterocycles. The average Bonchev–Trinajstić information content (AvgIpc) is 2.74. The average molecular weight is 286 g/mol. The smallest absolute Gasteiger partial charge is 0.257 e. The normalized spacial score (nSPS) is 26.8. The lowest BCUT2D eigenvalue weighted by molar-refractivity contribution is -0.122. The van der Waals surface area contributed by atoms with Crippen LogP contribution in [0.5, 0.6) is 0 Å². The van der Waals surface area contributed by atoms with Gasteiger partial charge >= 0.3 is 0 Å². The van der Waals surface area contributed by atoms with Crippen LogP contribution in [0.1, 0.15) is 32.6 Å². The number of carbonyl (C=O) groups is 1. The Hall–Kier alpha value is -1.50. The highest BCUT2D eigenvalue weighted by molar-refractivity contribution is 5.92. The molecule has 5 nitrogen and oxygen atoms in total. The highest BCUT2D eigenvalue weighted by Crippen LogP contribution is 2.32. The standard InChI is InChI=1S/C13H20F2N4O/c1-13(16)6-3-2-4-9(13)12(20)17-11-5-7-19(18-11)8-10(14)15/h5,7,9-10H,2-4,6,8,16H2,1H3,(H,17,18,20). The number of nitrogens with two attached hydrogens (primary N) is 1. The Morgan fingerprint density at radius 1 is 1.65 bits per heavy atom. The molecule has 2 unspecified atom stereocenters. The van der Waals surface area contributed by atoms with Crippen LogP contribution in [0.15, 0.2) is 12.3 Å². The molecule has 1 heterocycles. The van der Waals surface area contributed by atoms with Gasteiger partial charge in [-0.2, -0.15) is 5.10 Å². The Balaban J connectivity index is 1.98. The fourth-order valence-corrected chi connectivity index (χ4v) is 2.67. The number of aromatic nitrogens is 2. The molecule has 1 aromatic heterocycles. The lowest BCUT2D eigenvalue weighted by Crippen LogP contribution is -2.51. The van der Waals surface area contributed by atoms with Gasteiger partial charge in [0, 0.05) is 17.8 Å². The van der Waals surface area contributed by atoms with E-state index in [-0.39, 0.29) is 17.6 Å². The first-order chi connectivity index (χ1) is 9.38. The van der Waals surface area contributed by atoms with Crippen molar-refractivity contribution < 1.29 is 13.6 Å². The van der Waals surface area contributed by atoms with Crippen LogP contribution in [0.3, 0.4) is 0 Å². The van der Waals surface area contributed by atoms with Crippen molar-refractivity contribution in [3.63, 3.8) is 0 Å². The van der Waals surface area contributed by atoms with Gasteiger partial charge in [0.1, 0.15) is 6.54 Å². The van der Waals surface area contributed by atoms with Crippen molar-refractivity contribution in [3.05, 3.63) is 12.3 Å². The molecule has 2 atom stereocenters. The number of hydrogen-bond donors (Lipinski definition) is 2. The van der Waals surface area contributed by atoms with Crippen molar-refractivity contribution in [2.45, 2.75) is 51.1 Å². The fourth-order valence-electron chi connectivity index (χ4n) is 2.67. The largest absolute Gasteiger partial charge is 0.325 e. The third kappa shape index (κ3) is 3.53. The first-order valence-electron chi connectivity index (χ1n) is 6.80. The number of halogens is 2. The van der Waals surface area contributed by atoms with Gasteiger partial charge in [-0.3, -0.25) is 9.48 Å². The molecule has 20 heavy (non-hydrogen) atoms. The van der Waals surface area contributed by atoms with Gasteiger partial charge in [0.05, 0.1) is 5.92 Å². The van der Waals surface area contributed by atoms with Crippen LogP contribution in [0.2, 0.25) is 0 Å². The summed E-state index contributed by atoms with van der Waals surface area (Å²) in [5.74, 6) is -0.162. The van der Waals surface area contributed by atoms with E-state index in [4.69, 9.17) is 5.73 Å². The van der Waals surface area contributed by atoms with Crippen LogP contribution in [-0.2, 0) is 11.3 Å². The molecule has 1 aliphatic rings. The molecule has 3 N–H and O–H groups in total. The van der Waals surface area contributed by atoms with E-state index in [1.807, 2.05) is 6.92 Å². The molecule has 0 aromatic carbocycles. The number of rotatable bonds is 4. The summed E-state index contributed by atoms with van der Waals surface area (Å²) in [4.78, 5) is 12.2. The molecule has 0 spiro atoms. The SMILES string of the molecule is CC1(N)CCCCC1C(=O)Nc1ccn(CC(F)F)n1. The van der Waals surface area contributed by atoms with Gasteiger partial charge in [0.15, 0.2) is 5.82 Å². The maximum Gasteiger partial charge on any atom is 0.257 e. The zero-order chi connectivity index (χ0) is 14.8. The van der Waals surface area contributed by atoms with Gasteiger partial charge < -0.3 is 11.1 Å². The second-order valence-corrected chi connectivity index (χ2v) is 5.61. The summed E-state index contributed by atoms with van der Waals surface area (Å²) in [6, 6.07) is 1.51. The molecule has 2 rings (SSSR count). The minimum Gasteiger partial charge on any atom is -0.325 e. The van der Waals surface area contributed by atoms with E-state index in [1.165, 1.54) is 12.3 Å². The summed E-state index contributed by atoms with van der Waals surface area (Å²) >= 11 is 0. The van der Waals surface area contributed by atoms with E-state index in [0.717, 1.165) is 30.4 Å². The molecule has 0 saturated heterocycles. The number of alkyl halides is 2. The highest BCUT2D eigenvalue weighted by atomic mass is 19.3. The number of nitrogens with one attached hydrogen (secondary N) is 1. The van der Waals surface area contributed by atoms with Gasteiger partial charge in [-0.1, -0.05) is 12.8 Å². The second kappa shape index (κ2) is 5.87. The van der Waals surface area contributed by atoms with Crippen LogP contribution in [0.25, 0.3) is 0 Å². The van der Waals surface area contributed by atoms with Gasteiger partial charge in [-0.15, -0.1) is 0 Å². The molecular formula is C13H20F2N4O. The molecule has 7 heteroatoms. The summed E-state index contributed by atoms with van der Waals surface area (Å²) in [6.07, 6.45) is 2.51. The molecule has 1 aliphatic carbocycles. The Morgan fingerprint density at radius 3 is 3.05 bits per heavy atom. The van der Waals surface area contributed by atoms with Gasteiger partial charge in [0.25, 0.3) is 6.43 Å². The summed E-state index contributed by atoms with van der Waals surface area (Å²) in [7, 11) is 0. The topological polar surface area (TPSA) is 72.9 Å². The van der Waals surface area contributed by atoms with Crippen LogP contribution in [-0.4, -0.2) is 27.7 Å². The number of nitrogens with zero attached hydrogens (tertiary/aromatic N) is 2. The van der Waals surface area contributed by atoms with Crippen molar-refractivity contribution in [2.24, 2.45) is 11.7 Å². The molecule has 1 fully saturated rings. The molecular weight excluding hydrogens is 266 g/mol. The first-order valence-corrected chi connectivity index (χ1v) is 6.80. The van der Waals surface area contributed by atoms with Crippen molar-refractivity contribution in [2.75, 3.05) is 5.32 Å². The Kier molecular flexibility index (Phi) is 4.37. The Labute approximate surface area is 116 Å². The lowest BCUT2D eigenvalue weighted by atomic mass is 9.74. The van der Waals surface area contributed by atoms with E-state index in [1.54, 1.807) is 0 Å². The van der Waals surface area contributed by atoms with Crippen molar-refractivity contribution in [1.29, 1.82) is 0 Å². The predicted octanol–water partition coefficient (Wildman–Crippen LogP) is 1.99. The number of amides is 1. The molecule has 1 amide bonds. The van der Waals surface area contributed by atoms with Crippen LogP contribution in [0, 0.1) is 5.92 Å². The third-order valence-electron chi connectivity index (χ3n) is 3.79. The maximum atomic E-state index is 12.2. The lowest BCUT2D eigenvalue weighted by Gasteiger charge is -2.37. The molecule has 0 radical (unpaired) electrons. The monoisotopic (exact) mass is 286 g/mol. The maximum absolute atomic E-state index is 12.2.